The lowest BCUT2D eigenvalue weighted by Gasteiger charge is -2.29. The number of ether oxygens (including phenoxy) is 1. The summed E-state index contributed by atoms with van der Waals surface area (Å²) >= 11 is 0. The predicted molar refractivity (Wildman–Crippen MR) is 92.9 cm³/mol. The Morgan fingerprint density at radius 3 is 2.65 bits per heavy atom. The maximum absolute atomic E-state index is 14.2. The van der Waals surface area contributed by atoms with E-state index in [1.165, 1.54) is 19.0 Å². The molecule has 0 N–H and O–H groups in total. The fourth-order valence-electron chi connectivity index (χ4n) is 3.53. The van der Waals surface area contributed by atoms with Gasteiger partial charge < -0.3 is 14.5 Å². The molecule has 2 aromatic rings. The molecule has 0 bridgehead atoms. The van der Waals surface area contributed by atoms with Crippen LogP contribution in [0.3, 0.4) is 0 Å². The van der Waals surface area contributed by atoms with Crippen molar-refractivity contribution in [1.82, 2.24) is 24.7 Å². The molecule has 26 heavy (non-hydrogen) atoms. The van der Waals surface area contributed by atoms with E-state index in [9.17, 15) is 4.39 Å². The third-order valence-electron chi connectivity index (χ3n) is 5.20. The molecular weight excluding hydrogens is 337 g/mol. The van der Waals surface area contributed by atoms with E-state index in [1.807, 2.05) is 9.58 Å². The Hall–Kier alpha value is -2.29. The summed E-state index contributed by atoms with van der Waals surface area (Å²) in [6, 6.07) is 0. The lowest BCUT2D eigenvalue weighted by Crippen LogP contribution is -2.38. The molecular formula is C17H22FN7O. The van der Waals surface area contributed by atoms with Crippen LogP contribution in [-0.4, -0.2) is 64.1 Å². The molecule has 2 aromatic heterocycles. The van der Waals surface area contributed by atoms with Gasteiger partial charge in [0.05, 0.1) is 26.0 Å². The van der Waals surface area contributed by atoms with E-state index in [0.717, 1.165) is 37.7 Å². The zero-order chi connectivity index (χ0) is 17.5. The van der Waals surface area contributed by atoms with Crippen molar-refractivity contribution in [1.29, 1.82) is 0 Å². The molecule has 2 fully saturated rings. The second-order valence-electron chi connectivity index (χ2n) is 7.06. The minimum absolute atomic E-state index is 0.370. The van der Waals surface area contributed by atoms with Crippen LogP contribution in [0.1, 0.15) is 30.4 Å². The standard InChI is InChI=1S/C17H22FN7O/c18-13-11-19-17(21-16(13)23-7-9-26-10-8-23)24-4-3-14-20-15(12-1-2-12)22-25(14)6-5-24/h11-12H,1-10H2. The lowest BCUT2D eigenvalue weighted by atomic mass is 10.3. The summed E-state index contributed by atoms with van der Waals surface area (Å²) in [5.74, 6) is 3.16. The molecule has 0 amide bonds. The first-order valence-electron chi connectivity index (χ1n) is 9.32. The van der Waals surface area contributed by atoms with E-state index in [-0.39, 0.29) is 5.82 Å². The Morgan fingerprint density at radius 1 is 1.00 bits per heavy atom. The summed E-state index contributed by atoms with van der Waals surface area (Å²) in [5, 5.41) is 4.66. The number of hydrogen-bond acceptors (Lipinski definition) is 7. The molecule has 4 heterocycles. The average Bonchev–Trinajstić information content (AvgIpc) is 3.47. The van der Waals surface area contributed by atoms with Gasteiger partial charge in [-0.25, -0.2) is 19.0 Å². The monoisotopic (exact) mass is 359 g/mol. The Kier molecular flexibility index (Phi) is 3.96. The normalized spacial score (nSPS) is 20.8. The van der Waals surface area contributed by atoms with Gasteiger partial charge in [0.2, 0.25) is 5.95 Å². The molecule has 1 saturated heterocycles. The second-order valence-corrected chi connectivity index (χ2v) is 7.06. The topological polar surface area (TPSA) is 72.2 Å². The van der Waals surface area contributed by atoms with Crippen LogP contribution in [0.5, 0.6) is 0 Å². The van der Waals surface area contributed by atoms with Gasteiger partial charge in [0.25, 0.3) is 0 Å². The molecule has 0 atom stereocenters. The summed E-state index contributed by atoms with van der Waals surface area (Å²) in [5.41, 5.74) is 0. The van der Waals surface area contributed by atoms with Crippen molar-refractivity contribution in [3.05, 3.63) is 23.7 Å². The van der Waals surface area contributed by atoms with Crippen LogP contribution in [-0.2, 0) is 17.7 Å². The van der Waals surface area contributed by atoms with Crippen LogP contribution in [0, 0.1) is 5.82 Å². The highest BCUT2D eigenvalue weighted by Crippen LogP contribution is 2.38. The molecule has 0 spiro atoms. The Balaban J connectivity index is 1.34. The third-order valence-corrected chi connectivity index (χ3v) is 5.20. The van der Waals surface area contributed by atoms with E-state index in [4.69, 9.17) is 9.72 Å². The van der Waals surface area contributed by atoms with Crippen molar-refractivity contribution in [2.75, 3.05) is 49.2 Å². The van der Waals surface area contributed by atoms with Crippen LogP contribution in [0.15, 0.2) is 6.20 Å². The largest absolute Gasteiger partial charge is 0.378 e. The van der Waals surface area contributed by atoms with Gasteiger partial charge in [-0.3, -0.25) is 0 Å². The Morgan fingerprint density at radius 2 is 1.85 bits per heavy atom. The minimum Gasteiger partial charge on any atom is -0.378 e. The van der Waals surface area contributed by atoms with Crippen molar-refractivity contribution in [2.45, 2.75) is 31.7 Å². The van der Waals surface area contributed by atoms with Gasteiger partial charge in [-0.2, -0.15) is 10.1 Å². The fourth-order valence-corrected chi connectivity index (χ4v) is 3.53. The van der Waals surface area contributed by atoms with Crippen molar-refractivity contribution in [3.8, 4) is 0 Å². The van der Waals surface area contributed by atoms with Gasteiger partial charge in [0.15, 0.2) is 17.5 Å². The summed E-state index contributed by atoms with van der Waals surface area (Å²) in [4.78, 5) is 17.5. The summed E-state index contributed by atoms with van der Waals surface area (Å²) < 4.78 is 21.6. The first-order valence-corrected chi connectivity index (χ1v) is 9.32. The molecule has 8 nitrogen and oxygen atoms in total. The molecule has 9 heteroatoms. The van der Waals surface area contributed by atoms with Gasteiger partial charge >= 0.3 is 0 Å². The van der Waals surface area contributed by atoms with E-state index in [0.29, 0.717) is 44.0 Å². The van der Waals surface area contributed by atoms with E-state index < -0.39 is 0 Å². The highest BCUT2D eigenvalue weighted by Gasteiger charge is 2.30. The van der Waals surface area contributed by atoms with Gasteiger partial charge in [-0.15, -0.1) is 0 Å². The van der Waals surface area contributed by atoms with E-state index >= 15 is 0 Å². The average molecular weight is 359 g/mol. The van der Waals surface area contributed by atoms with Crippen molar-refractivity contribution in [3.63, 3.8) is 0 Å². The van der Waals surface area contributed by atoms with Crippen molar-refractivity contribution < 1.29 is 9.13 Å². The fraction of sp³-hybridized carbons (Fsp3) is 0.647. The summed E-state index contributed by atoms with van der Waals surface area (Å²) in [7, 11) is 0. The highest BCUT2D eigenvalue weighted by atomic mass is 19.1. The lowest BCUT2D eigenvalue weighted by molar-refractivity contribution is 0.122. The van der Waals surface area contributed by atoms with E-state index in [2.05, 4.69) is 20.0 Å². The number of fused-ring (bicyclic) bond motifs is 1. The first kappa shape index (κ1) is 15.9. The van der Waals surface area contributed by atoms with Crippen LogP contribution in [0.4, 0.5) is 16.2 Å². The SMILES string of the molecule is Fc1cnc(N2CCc3nc(C4CC4)nn3CC2)nc1N1CCOCC1. The number of halogens is 1. The van der Waals surface area contributed by atoms with Gasteiger partial charge in [0, 0.05) is 38.5 Å². The molecule has 2 aliphatic heterocycles. The van der Waals surface area contributed by atoms with Crippen LogP contribution in [0.25, 0.3) is 0 Å². The second kappa shape index (κ2) is 6.46. The number of hydrogen-bond donors (Lipinski definition) is 0. The molecule has 0 aromatic carbocycles. The van der Waals surface area contributed by atoms with Gasteiger partial charge in [-0.1, -0.05) is 0 Å². The first-order chi connectivity index (χ1) is 12.8. The summed E-state index contributed by atoms with van der Waals surface area (Å²) in [6.07, 6.45) is 4.50. The third kappa shape index (κ3) is 3.00. The Bertz CT molecular complexity index is 775. The molecule has 1 aliphatic carbocycles. The molecule has 0 radical (unpaired) electrons. The van der Waals surface area contributed by atoms with Crippen LogP contribution < -0.4 is 9.80 Å². The molecule has 138 valence electrons. The number of aromatic nitrogens is 5. The maximum Gasteiger partial charge on any atom is 0.227 e. The zero-order valence-electron chi connectivity index (χ0n) is 14.6. The minimum atomic E-state index is -0.380. The number of rotatable bonds is 3. The molecule has 3 aliphatic rings. The molecule has 5 rings (SSSR count). The van der Waals surface area contributed by atoms with Crippen molar-refractivity contribution >= 4 is 11.8 Å². The van der Waals surface area contributed by atoms with Crippen LogP contribution in [0.2, 0.25) is 0 Å². The molecule has 0 unspecified atom stereocenters. The number of nitrogens with zero attached hydrogens (tertiary/aromatic N) is 7. The predicted octanol–water partition coefficient (Wildman–Crippen LogP) is 0.984. The summed E-state index contributed by atoms with van der Waals surface area (Å²) in [6.45, 7) is 4.75. The van der Waals surface area contributed by atoms with Gasteiger partial charge in [-0.05, 0) is 12.8 Å². The molecule has 1 saturated carbocycles. The zero-order valence-corrected chi connectivity index (χ0v) is 14.6. The maximum atomic E-state index is 14.2. The highest BCUT2D eigenvalue weighted by molar-refractivity contribution is 5.45. The van der Waals surface area contributed by atoms with Gasteiger partial charge in [0.1, 0.15) is 5.82 Å². The quantitative estimate of drug-likeness (QED) is 0.809. The Labute approximate surface area is 151 Å². The number of morpholine rings is 1. The van der Waals surface area contributed by atoms with Crippen molar-refractivity contribution in [2.24, 2.45) is 0 Å². The number of anilines is 2. The smallest absolute Gasteiger partial charge is 0.227 e. The van der Waals surface area contributed by atoms with E-state index in [1.54, 1.807) is 0 Å². The van der Waals surface area contributed by atoms with Crippen LogP contribution >= 0.6 is 0 Å².